The van der Waals surface area contributed by atoms with Crippen LogP contribution in [0, 0.1) is 0 Å². The third kappa shape index (κ3) is 2.94. The number of aromatic nitrogens is 3. The number of benzene rings is 2. The summed E-state index contributed by atoms with van der Waals surface area (Å²) in [6.45, 7) is 2.40. The third-order valence-electron chi connectivity index (χ3n) is 4.35. The van der Waals surface area contributed by atoms with Crippen molar-refractivity contribution in [2.75, 3.05) is 13.7 Å². The summed E-state index contributed by atoms with van der Waals surface area (Å²) in [5.74, 6) is 1.15. The van der Waals surface area contributed by atoms with E-state index in [0.717, 1.165) is 15.6 Å². The predicted octanol–water partition coefficient (Wildman–Crippen LogP) is 2.46. The Kier molecular flexibility index (Phi) is 4.44. The van der Waals surface area contributed by atoms with Crippen LogP contribution < -0.4 is 20.7 Å². The van der Waals surface area contributed by atoms with Gasteiger partial charge in [-0.2, -0.15) is 5.10 Å². The number of aromatic amines is 2. The van der Waals surface area contributed by atoms with Gasteiger partial charge in [-0.15, -0.1) is 4.68 Å². The number of hydrogen-bond acceptors (Lipinski definition) is 5. The first-order valence-electron chi connectivity index (χ1n) is 8.73. The van der Waals surface area contributed by atoms with E-state index in [0.29, 0.717) is 34.7 Å². The molecule has 28 heavy (non-hydrogen) atoms. The molecule has 2 heterocycles. The molecule has 0 saturated heterocycles. The van der Waals surface area contributed by atoms with E-state index in [1.165, 1.54) is 13.3 Å². The Morgan fingerprint density at radius 3 is 2.68 bits per heavy atom. The number of nitrogens with one attached hydrogen (secondary N) is 2. The summed E-state index contributed by atoms with van der Waals surface area (Å²) in [4.78, 5) is 30.9. The Labute approximate surface area is 159 Å². The van der Waals surface area contributed by atoms with Crippen LogP contribution in [0.25, 0.3) is 21.9 Å². The van der Waals surface area contributed by atoms with Crippen LogP contribution in [0.15, 0.2) is 57.2 Å². The summed E-state index contributed by atoms with van der Waals surface area (Å²) >= 11 is 0. The van der Waals surface area contributed by atoms with Gasteiger partial charge in [0, 0.05) is 10.9 Å². The van der Waals surface area contributed by atoms with Crippen molar-refractivity contribution in [1.82, 2.24) is 14.6 Å². The lowest BCUT2D eigenvalue weighted by molar-refractivity contribution is 0.311. The van der Waals surface area contributed by atoms with Crippen LogP contribution >= 0.6 is 0 Å². The van der Waals surface area contributed by atoms with Crippen LogP contribution in [-0.4, -0.2) is 34.6 Å². The molecule has 0 radical (unpaired) electrons. The maximum Gasteiger partial charge on any atom is 0.350 e. The monoisotopic (exact) mass is 378 g/mol. The van der Waals surface area contributed by atoms with Crippen LogP contribution in [-0.2, 0) is 0 Å². The second-order valence-corrected chi connectivity index (χ2v) is 6.06. The second-order valence-electron chi connectivity index (χ2n) is 6.06. The first-order chi connectivity index (χ1) is 13.6. The minimum absolute atomic E-state index is 0.294. The molecule has 4 rings (SSSR count). The molecule has 2 aromatic carbocycles. The molecule has 0 spiro atoms. The molecule has 0 unspecified atom stereocenters. The largest absolute Gasteiger partial charge is 0.493 e. The van der Waals surface area contributed by atoms with Gasteiger partial charge < -0.3 is 19.4 Å². The van der Waals surface area contributed by atoms with Gasteiger partial charge in [-0.1, -0.05) is 18.2 Å². The van der Waals surface area contributed by atoms with Gasteiger partial charge in [-0.25, -0.2) is 4.79 Å². The van der Waals surface area contributed by atoms with Crippen molar-refractivity contribution in [3.8, 4) is 11.5 Å². The number of hydrogen-bond donors (Lipinski definition) is 2. The highest BCUT2D eigenvalue weighted by Crippen LogP contribution is 2.27. The zero-order valence-electron chi connectivity index (χ0n) is 15.4. The Morgan fingerprint density at radius 1 is 1.07 bits per heavy atom. The molecule has 0 aliphatic carbocycles. The molecule has 0 atom stereocenters. The van der Waals surface area contributed by atoms with E-state index in [4.69, 9.17) is 9.47 Å². The third-order valence-corrected chi connectivity index (χ3v) is 4.35. The molecule has 0 bridgehead atoms. The number of methoxy groups -OCH3 is 1. The second kappa shape index (κ2) is 7.07. The molecule has 0 amide bonds. The molecule has 4 aromatic rings. The number of nitrogens with zero attached hydrogens (tertiary/aromatic N) is 2. The number of fused-ring (bicyclic) bond motifs is 3. The first-order valence-corrected chi connectivity index (χ1v) is 8.73. The van der Waals surface area contributed by atoms with E-state index in [9.17, 15) is 9.59 Å². The SMILES string of the molecule is CCOc1ccc(C=Nn2c(=O)[nH]c3c([nH]c4ccccc43)c2=O)cc1OC. The average molecular weight is 378 g/mol. The van der Waals surface area contributed by atoms with Gasteiger partial charge in [0.15, 0.2) is 11.5 Å². The standard InChI is InChI=1S/C20H18N4O4/c1-3-28-15-9-8-12(10-16(15)27-2)11-21-24-19(25)18-17(23-20(24)26)13-6-4-5-7-14(13)22-18/h4-11,22H,3H2,1-2H3,(H,23,26). The van der Waals surface area contributed by atoms with Gasteiger partial charge in [0.05, 0.1) is 25.4 Å². The van der Waals surface area contributed by atoms with E-state index < -0.39 is 11.2 Å². The fourth-order valence-corrected chi connectivity index (χ4v) is 3.06. The van der Waals surface area contributed by atoms with E-state index in [-0.39, 0.29) is 0 Å². The molecule has 0 fully saturated rings. The maximum absolute atomic E-state index is 12.8. The van der Waals surface area contributed by atoms with Crippen molar-refractivity contribution in [3.05, 3.63) is 68.9 Å². The van der Waals surface area contributed by atoms with Crippen LogP contribution in [0.2, 0.25) is 0 Å². The van der Waals surface area contributed by atoms with Gasteiger partial charge in [0.2, 0.25) is 0 Å². The normalized spacial score (nSPS) is 11.5. The van der Waals surface area contributed by atoms with Crippen molar-refractivity contribution in [2.45, 2.75) is 6.92 Å². The predicted molar refractivity (Wildman–Crippen MR) is 108 cm³/mol. The number of para-hydroxylation sites is 1. The van der Waals surface area contributed by atoms with Gasteiger partial charge in [0.1, 0.15) is 5.52 Å². The molecule has 0 saturated carbocycles. The quantitative estimate of drug-likeness (QED) is 0.521. The topological polar surface area (TPSA) is 101 Å². The number of rotatable bonds is 5. The number of ether oxygens (including phenoxy) is 2. The van der Waals surface area contributed by atoms with Crippen LogP contribution in [0.4, 0.5) is 0 Å². The highest BCUT2D eigenvalue weighted by atomic mass is 16.5. The summed E-state index contributed by atoms with van der Waals surface area (Å²) in [6.07, 6.45) is 1.42. The van der Waals surface area contributed by atoms with Crippen molar-refractivity contribution in [2.24, 2.45) is 5.10 Å². The van der Waals surface area contributed by atoms with Gasteiger partial charge in [0.25, 0.3) is 0 Å². The van der Waals surface area contributed by atoms with Crippen molar-refractivity contribution in [3.63, 3.8) is 0 Å². The molecule has 142 valence electrons. The summed E-state index contributed by atoms with van der Waals surface area (Å²) < 4.78 is 11.6. The molecule has 0 aliphatic heterocycles. The van der Waals surface area contributed by atoms with Crippen molar-refractivity contribution < 1.29 is 9.47 Å². The van der Waals surface area contributed by atoms with E-state index in [1.54, 1.807) is 18.2 Å². The highest BCUT2D eigenvalue weighted by molar-refractivity contribution is 6.04. The lowest BCUT2D eigenvalue weighted by atomic mass is 10.2. The summed E-state index contributed by atoms with van der Waals surface area (Å²) in [5.41, 5.74) is 1.05. The molecular formula is C20H18N4O4. The molecule has 0 aliphatic rings. The zero-order chi connectivity index (χ0) is 19.7. The Bertz CT molecular complexity index is 1310. The fourth-order valence-electron chi connectivity index (χ4n) is 3.06. The van der Waals surface area contributed by atoms with Gasteiger partial charge in [-0.3, -0.25) is 4.79 Å². The zero-order valence-corrected chi connectivity index (χ0v) is 15.4. The summed E-state index contributed by atoms with van der Waals surface area (Å²) in [7, 11) is 1.54. The Hall–Kier alpha value is -3.81. The molecule has 2 aromatic heterocycles. The fraction of sp³-hybridized carbons (Fsp3) is 0.150. The maximum atomic E-state index is 12.8. The molecule has 2 N–H and O–H groups in total. The van der Waals surface area contributed by atoms with E-state index in [1.807, 2.05) is 31.2 Å². The summed E-state index contributed by atoms with van der Waals surface area (Å²) in [5, 5.41) is 4.84. The highest BCUT2D eigenvalue weighted by Gasteiger charge is 2.12. The Balaban J connectivity index is 1.79. The van der Waals surface area contributed by atoms with E-state index >= 15 is 0 Å². The van der Waals surface area contributed by atoms with Gasteiger partial charge >= 0.3 is 11.2 Å². The van der Waals surface area contributed by atoms with Crippen molar-refractivity contribution >= 4 is 28.2 Å². The van der Waals surface area contributed by atoms with Gasteiger partial charge in [-0.05, 0) is 36.8 Å². The van der Waals surface area contributed by atoms with Crippen molar-refractivity contribution in [1.29, 1.82) is 0 Å². The smallest absolute Gasteiger partial charge is 0.350 e. The number of H-pyrrole nitrogens is 2. The summed E-state index contributed by atoms with van der Waals surface area (Å²) in [6, 6.07) is 12.6. The van der Waals surface area contributed by atoms with Crippen LogP contribution in [0.3, 0.4) is 0 Å². The average Bonchev–Trinajstić information content (AvgIpc) is 3.08. The minimum atomic E-state index is -0.614. The first kappa shape index (κ1) is 17.6. The van der Waals surface area contributed by atoms with Crippen LogP contribution in [0.1, 0.15) is 12.5 Å². The lowest BCUT2D eigenvalue weighted by Gasteiger charge is -2.09. The van der Waals surface area contributed by atoms with Crippen LogP contribution in [0.5, 0.6) is 11.5 Å². The molecular weight excluding hydrogens is 360 g/mol. The lowest BCUT2D eigenvalue weighted by Crippen LogP contribution is -2.32. The Morgan fingerprint density at radius 2 is 1.89 bits per heavy atom. The minimum Gasteiger partial charge on any atom is -0.493 e. The van der Waals surface area contributed by atoms with E-state index in [2.05, 4.69) is 15.1 Å². The molecule has 8 nitrogen and oxygen atoms in total. The molecule has 8 heteroatoms.